The van der Waals surface area contributed by atoms with Crippen LogP contribution in [0.1, 0.15) is 5.56 Å². The minimum Gasteiger partial charge on any atom is -0.508 e. The van der Waals surface area contributed by atoms with Crippen molar-refractivity contribution in [1.82, 2.24) is 5.32 Å². The zero-order valence-electron chi connectivity index (χ0n) is 11.8. The molecule has 1 aromatic rings. The molecule has 0 heterocycles. The lowest BCUT2D eigenvalue weighted by molar-refractivity contribution is -0.120. The van der Waals surface area contributed by atoms with Crippen LogP contribution in [-0.4, -0.2) is 74.4 Å². The summed E-state index contributed by atoms with van der Waals surface area (Å²) in [5.74, 6) is -0.0280. The van der Waals surface area contributed by atoms with E-state index in [9.17, 15) is 30.3 Å². The summed E-state index contributed by atoms with van der Waals surface area (Å²) in [6.45, 7) is -0.583. The molecule has 4 atom stereocenters. The highest BCUT2D eigenvalue weighted by Gasteiger charge is 2.30. The molecule has 0 bridgehead atoms. The van der Waals surface area contributed by atoms with Gasteiger partial charge in [0, 0.05) is 6.54 Å². The Kier molecular flexibility index (Phi) is 7.22. The van der Waals surface area contributed by atoms with Crippen molar-refractivity contribution in [3.8, 4) is 11.5 Å². The molecule has 0 aromatic heterocycles. The van der Waals surface area contributed by atoms with Crippen LogP contribution >= 0.6 is 0 Å². The fraction of sp³-hybridized carbons (Fsp3) is 0.500. The highest BCUT2D eigenvalue weighted by atomic mass is 16.4. The van der Waals surface area contributed by atoms with E-state index in [0.29, 0.717) is 11.8 Å². The molecule has 0 saturated carbocycles. The van der Waals surface area contributed by atoms with Crippen LogP contribution in [0.3, 0.4) is 0 Å². The molecule has 0 aliphatic heterocycles. The zero-order valence-corrected chi connectivity index (χ0v) is 11.8. The molecule has 0 saturated heterocycles. The predicted molar refractivity (Wildman–Crippen MR) is 76.4 cm³/mol. The number of hydrogen-bond donors (Lipinski definition) is 7. The average Bonchev–Trinajstić information content (AvgIpc) is 2.52. The van der Waals surface area contributed by atoms with Gasteiger partial charge in [0.2, 0.25) is 0 Å². The first-order chi connectivity index (χ1) is 10.4. The van der Waals surface area contributed by atoms with Crippen molar-refractivity contribution < 1.29 is 35.4 Å². The summed E-state index contributed by atoms with van der Waals surface area (Å²) >= 11 is 0. The number of hydrogen-bond acceptors (Lipinski definition) is 8. The second-order valence-corrected chi connectivity index (χ2v) is 4.91. The lowest BCUT2D eigenvalue weighted by Gasteiger charge is -2.26. The number of aldehydes is 1. The van der Waals surface area contributed by atoms with Gasteiger partial charge >= 0.3 is 0 Å². The highest BCUT2D eigenvalue weighted by Crippen LogP contribution is 2.22. The van der Waals surface area contributed by atoms with Gasteiger partial charge in [-0.15, -0.1) is 0 Å². The van der Waals surface area contributed by atoms with Gasteiger partial charge in [-0.05, 0) is 30.2 Å². The molecule has 124 valence electrons. The van der Waals surface area contributed by atoms with Crippen LogP contribution in [-0.2, 0) is 11.2 Å². The van der Waals surface area contributed by atoms with Gasteiger partial charge in [-0.25, -0.2) is 0 Å². The van der Waals surface area contributed by atoms with Gasteiger partial charge in [-0.1, -0.05) is 0 Å². The van der Waals surface area contributed by atoms with Crippen molar-refractivity contribution in [2.24, 2.45) is 0 Å². The minimum absolute atomic E-state index is 0.0127. The van der Waals surface area contributed by atoms with Crippen LogP contribution in [0.5, 0.6) is 11.5 Å². The zero-order chi connectivity index (χ0) is 16.7. The van der Waals surface area contributed by atoms with Gasteiger partial charge in [0.05, 0.1) is 12.6 Å². The van der Waals surface area contributed by atoms with E-state index >= 15 is 0 Å². The second kappa shape index (κ2) is 8.66. The molecule has 0 aliphatic rings. The smallest absolute Gasteiger partial charge is 0.139 e. The summed E-state index contributed by atoms with van der Waals surface area (Å²) in [4.78, 5) is 11.0. The van der Waals surface area contributed by atoms with Crippen LogP contribution in [0.15, 0.2) is 18.2 Å². The Labute approximate surface area is 127 Å². The number of aromatic hydroxyl groups is 2. The first-order valence-corrected chi connectivity index (χ1v) is 6.75. The van der Waals surface area contributed by atoms with E-state index in [0.717, 1.165) is 0 Å². The number of phenolic OH excluding ortho intramolecular Hbond substituents is 2. The maximum Gasteiger partial charge on any atom is 0.139 e. The quantitative estimate of drug-likeness (QED) is 0.202. The monoisotopic (exact) mass is 315 g/mol. The maximum atomic E-state index is 11.0. The summed E-state index contributed by atoms with van der Waals surface area (Å²) < 4.78 is 0. The molecule has 1 aromatic carbocycles. The number of aliphatic hydroxyl groups is 4. The topological polar surface area (TPSA) is 150 Å². The molecule has 8 nitrogen and oxygen atoms in total. The summed E-state index contributed by atoms with van der Waals surface area (Å²) in [6.07, 6.45) is -4.20. The Balaban J connectivity index is 2.57. The number of carbonyl (C=O) groups excluding carboxylic acids is 1. The third-order valence-corrected chi connectivity index (χ3v) is 3.28. The number of nitrogens with one attached hydrogen (secondary N) is 1. The summed E-state index contributed by atoms with van der Waals surface area (Å²) in [5, 5.41) is 58.9. The number of phenols is 2. The highest BCUT2D eigenvalue weighted by molar-refractivity contribution is 5.58. The Morgan fingerprint density at radius 3 is 2.41 bits per heavy atom. The lowest BCUT2D eigenvalue weighted by atomic mass is 10.0. The van der Waals surface area contributed by atoms with Gasteiger partial charge in [0.25, 0.3) is 0 Å². The standard InChI is InChI=1S/C14H21NO7/c16-6-10(13(21)14(22)12(20)7-17)15-4-3-8-5-9(18)1-2-11(8)19/h1-2,5-6,10,12-15,17-22H,3-4,7H2/t10-,12+,13+,14+/m0/s1. The van der Waals surface area contributed by atoms with Crippen LogP contribution in [0.25, 0.3) is 0 Å². The third kappa shape index (κ3) is 4.93. The molecule has 0 aliphatic carbocycles. The summed E-state index contributed by atoms with van der Waals surface area (Å²) in [6, 6.07) is 2.87. The number of carbonyl (C=O) groups is 1. The average molecular weight is 315 g/mol. The van der Waals surface area contributed by atoms with Crippen LogP contribution in [0.4, 0.5) is 0 Å². The number of rotatable bonds is 9. The third-order valence-electron chi connectivity index (χ3n) is 3.28. The molecule has 0 amide bonds. The minimum atomic E-state index is -1.68. The maximum absolute atomic E-state index is 11.0. The Hall–Kier alpha value is -1.71. The SMILES string of the molecule is O=C[C@H](NCCc1cc(O)ccc1O)[C@@H](O)[C@H](O)[C@H](O)CO. The Morgan fingerprint density at radius 1 is 1.14 bits per heavy atom. The lowest BCUT2D eigenvalue weighted by Crippen LogP contribution is -2.52. The van der Waals surface area contributed by atoms with Crippen molar-refractivity contribution in [3.05, 3.63) is 23.8 Å². The molecule has 22 heavy (non-hydrogen) atoms. The van der Waals surface area contributed by atoms with Crippen LogP contribution < -0.4 is 5.32 Å². The van der Waals surface area contributed by atoms with Gasteiger partial charge in [0.1, 0.15) is 36.1 Å². The fourth-order valence-electron chi connectivity index (χ4n) is 1.94. The van der Waals surface area contributed by atoms with E-state index in [2.05, 4.69) is 5.32 Å². The van der Waals surface area contributed by atoms with E-state index in [4.69, 9.17) is 5.11 Å². The number of aliphatic hydroxyl groups excluding tert-OH is 4. The van der Waals surface area contributed by atoms with Crippen molar-refractivity contribution in [2.75, 3.05) is 13.2 Å². The van der Waals surface area contributed by atoms with Crippen molar-refractivity contribution >= 4 is 6.29 Å². The molecule has 0 fully saturated rings. The van der Waals surface area contributed by atoms with E-state index in [1.807, 2.05) is 0 Å². The first-order valence-electron chi connectivity index (χ1n) is 6.75. The number of benzene rings is 1. The second-order valence-electron chi connectivity index (χ2n) is 4.91. The van der Waals surface area contributed by atoms with Gasteiger partial charge in [0.15, 0.2) is 0 Å². The largest absolute Gasteiger partial charge is 0.508 e. The predicted octanol–water partition coefficient (Wildman–Crippen LogP) is -2.13. The molecular formula is C14H21NO7. The van der Waals surface area contributed by atoms with Gasteiger partial charge < -0.3 is 40.8 Å². The molecule has 0 spiro atoms. The molecule has 8 heteroatoms. The molecule has 0 unspecified atom stereocenters. The fourth-order valence-corrected chi connectivity index (χ4v) is 1.94. The van der Waals surface area contributed by atoms with E-state index in [1.54, 1.807) is 0 Å². The van der Waals surface area contributed by atoms with E-state index in [-0.39, 0.29) is 24.5 Å². The van der Waals surface area contributed by atoms with Crippen molar-refractivity contribution in [2.45, 2.75) is 30.8 Å². The molecule has 0 radical (unpaired) electrons. The summed E-state index contributed by atoms with van der Waals surface area (Å²) in [7, 11) is 0. The summed E-state index contributed by atoms with van der Waals surface area (Å²) in [5.41, 5.74) is 0.447. The van der Waals surface area contributed by atoms with Crippen LogP contribution in [0, 0.1) is 0 Å². The molecule has 1 rings (SSSR count). The van der Waals surface area contributed by atoms with Crippen molar-refractivity contribution in [1.29, 1.82) is 0 Å². The van der Waals surface area contributed by atoms with E-state index < -0.39 is 31.0 Å². The van der Waals surface area contributed by atoms with Crippen molar-refractivity contribution in [3.63, 3.8) is 0 Å². The molecule has 7 N–H and O–H groups in total. The van der Waals surface area contributed by atoms with Gasteiger partial charge in [-0.2, -0.15) is 0 Å². The van der Waals surface area contributed by atoms with E-state index in [1.165, 1.54) is 18.2 Å². The van der Waals surface area contributed by atoms with Crippen LogP contribution in [0.2, 0.25) is 0 Å². The first kappa shape index (κ1) is 18.3. The molecular weight excluding hydrogens is 294 g/mol. The Morgan fingerprint density at radius 2 is 1.82 bits per heavy atom. The Bertz CT molecular complexity index is 482. The van der Waals surface area contributed by atoms with Gasteiger partial charge in [-0.3, -0.25) is 0 Å². The normalized spacial score (nSPS) is 16.7.